The van der Waals surface area contributed by atoms with Crippen molar-refractivity contribution in [1.29, 1.82) is 0 Å². The topological polar surface area (TPSA) is 66.4 Å². The second kappa shape index (κ2) is 7.65. The third-order valence-corrected chi connectivity index (χ3v) is 3.75. The van der Waals surface area contributed by atoms with Crippen LogP contribution in [0.1, 0.15) is 36.5 Å². The fourth-order valence-corrected chi connectivity index (χ4v) is 2.51. The van der Waals surface area contributed by atoms with Gasteiger partial charge in [0.1, 0.15) is 0 Å². The Morgan fingerprint density at radius 3 is 2.63 bits per heavy atom. The highest BCUT2D eigenvalue weighted by molar-refractivity contribution is 9.11. The molecule has 0 heterocycles. The van der Waals surface area contributed by atoms with Gasteiger partial charge < -0.3 is 10.4 Å². The molecule has 1 aromatic carbocycles. The van der Waals surface area contributed by atoms with Crippen molar-refractivity contribution in [2.75, 3.05) is 0 Å². The van der Waals surface area contributed by atoms with Crippen LogP contribution in [0.2, 0.25) is 0 Å². The minimum absolute atomic E-state index is 0.0643. The molecule has 104 valence electrons. The van der Waals surface area contributed by atoms with Gasteiger partial charge in [-0.2, -0.15) is 0 Å². The molecule has 0 aliphatic heterocycles. The van der Waals surface area contributed by atoms with E-state index in [1.165, 1.54) is 0 Å². The first kappa shape index (κ1) is 16.2. The monoisotopic (exact) mass is 391 g/mol. The van der Waals surface area contributed by atoms with E-state index < -0.39 is 5.97 Å². The number of carboxylic acid groups (broad SMARTS) is 1. The average molecular weight is 393 g/mol. The number of hydrogen-bond acceptors (Lipinski definition) is 2. The van der Waals surface area contributed by atoms with Gasteiger partial charge in [0, 0.05) is 15.0 Å². The minimum atomic E-state index is -0.910. The molecule has 0 aromatic heterocycles. The zero-order valence-electron chi connectivity index (χ0n) is 10.5. The van der Waals surface area contributed by atoms with E-state index >= 15 is 0 Å². The Balaban J connectivity index is 2.81. The van der Waals surface area contributed by atoms with Crippen molar-refractivity contribution in [1.82, 2.24) is 5.32 Å². The van der Waals surface area contributed by atoms with Gasteiger partial charge in [0.2, 0.25) is 0 Å². The zero-order valence-corrected chi connectivity index (χ0v) is 13.6. The SMILES string of the molecule is CCCC(CC(=O)O)NC(=O)c1cc(Br)ccc1Br. The molecule has 0 saturated heterocycles. The Bertz CT molecular complexity index is 477. The summed E-state index contributed by atoms with van der Waals surface area (Å²) in [5.74, 6) is -1.18. The predicted molar refractivity (Wildman–Crippen MR) is 80.3 cm³/mol. The summed E-state index contributed by atoms with van der Waals surface area (Å²) < 4.78 is 1.48. The summed E-state index contributed by atoms with van der Waals surface area (Å²) in [5, 5.41) is 11.6. The lowest BCUT2D eigenvalue weighted by atomic mass is 10.1. The number of nitrogens with one attached hydrogen (secondary N) is 1. The first-order valence-electron chi connectivity index (χ1n) is 5.91. The van der Waals surface area contributed by atoms with Gasteiger partial charge in [-0.05, 0) is 40.5 Å². The number of aliphatic carboxylic acids is 1. The molecule has 1 unspecified atom stereocenters. The quantitative estimate of drug-likeness (QED) is 0.777. The molecule has 1 atom stereocenters. The predicted octanol–water partition coefficient (Wildman–Crippen LogP) is 3.58. The molecule has 2 N–H and O–H groups in total. The van der Waals surface area contributed by atoms with Gasteiger partial charge in [-0.1, -0.05) is 29.3 Å². The third kappa shape index (κ3) is 5.32. The van der Waals surface area contributed by atoms with Gasteiger partial charge in [-0.3, -0.25) is 9.59 Å². The number of amides is 1. The minimum Gasteiger partial charge on any atom is -0.481 e. The lowest BCUT2D eigenvalue weighted by molar-refractivity contribution is -0.137. The van der Waals surface area contributed by atoms with Crippen LogP contribution < -0.4 is 5.32 Å². The fourth-order valence-electron chi connectivity index (χ4n) is 1.72. The number of halogens is 2. The van der Waals surface area contributed by atoms with E-state index in [1.807, 2.05) is 13.0 Å². The lowest BCUT2D eigenvalue weighted by Crippen LogP contribution is -2.36. The Kier molecular flexibility index (Phi) is 6.51. The molecule has 0 radical (unpaired) electrons. The van der Waals surface area contributed by atoms with Gasteiger partial charge in [0.05, 0.1) is 12.0 Å². The zero-order chi connectivity index (χ0) is 14.4. The number of hydrogen-bond donors (Lipinski definition) is 2. The molecule has 0 aliphatic carbocycles. The second-order valence-electron chi connectivity index (χ2n) is 4.18. The Labute approximate surface area is 128 Å². The molecule has 0 aliphatic rings. The number of carbonyl (C=O) groups excluding carboxylic acids is 1. The molecule has 19 heavy (non-hydrogen) atoms. The van der Waals surface area contributed by atoms with E-state index in [2.05, 4.69) is 37.2 Å². The maximum Gasteiger partial charge on any atom is 0.305 e. The number of carboxylic acids is 1. The van der Waals surface area contributed by atoms with Gasteiger partial charge >= 0.3 is 5.97 Å². The van der Waals surface area contributed by atoms with E-state index in [-0.39, 0.29) is 18.4 Å². The van der Waals surface area contributed by atoms with E-state index in [0.717, 1.165) is 10.9 Å². The molecular weight excluding hydrogens is 378 g/mol. The molecular formula is C13H15Br2NO3. The van der Waals surface area contributed by atoms with Gasteiger partial charge in [0.15, 0.2) is 0 Å². The van der Waals surface area contributed by atoms with Crippen molar-refractivity contribution in [3.8, 4) is 0 Å². The number of benzene rings is 1. The van der Waals surface area contributed by atoms with Crippen LogP contribution in [0, 0.1) is 0 Å². The number of rotatable bonds is 6. The largest absolute Gasteiger partial charge is 0.481 e. The summed E-state index contributed by atoms with van der Waals surface area (Å²) in [6.45, 7) is 1.95. The first-order chi connectivity index (χ1) is 8.93. The van der Waals surface area contributed by atoms with Crippen molar-refractivity contribution in [3.05, 3.63) is 32.7 Å². The molecule has 0 bridgehead atoms. The van der Waals surface area contributed by atoms with Gasteiger partial charge in [-0.15, -0.1) is 0 Å². The smallest absolute Gasteiger partial charge is 0.305 e. The summed E-state index contributed by atoms with van der Waals surface area (Å²) in [6, 6.07) is 4.94. The van der Waals surface area contributed by atoms with Gasteiger partial charge in [-0.25, -0.2) is 0 Å². The maximum atomic E-state index is 12.1. The molecule has 6 heteroatoms. The van der Waals surface area contributed by atoms with Crippen LogP contribution >= 0.6 is 31.9 Å². The molecule has 1 aromatic rings. The highest BCUT2D eigenvalue weighted by Crippen LogP contribution is 2.21. The molecule has 0 spiro atoms. The summed E-state index contributed by atoms with van der Waals surface area (Å²) in [5.41, 5.74) is 0.487. The van der Waals surface area contributed by atoms with Gasteiger partial charge in [0.25, 0.3) is 5.91 Å². The summed E-state index contributed by atoms with van der Waals surface area (Å²) >= 11 is 6.62. The van der Waals surface area contributed by atoms with E-state index in [0.29, 0.717) is 16.5 Å². The van der Waals surface area contributed by atoms with Crippen molar-refractivity contribution < 1.29 is 14.7 Å². The fraction of sp³-hybridized carbons (Fsp3) is 0.385. The molecule has 1 amide bonds. The average Bonchev–Trinajstić information content (AvgIpc) is 2.31. The van der Waals surface area contributed by atoms with Crippen molar-refractivity contribution in [3.63, 3.8) is 0 Å². The van der Waals surface area contributed by atoms with E-state index in [1.54, 1.807) is 12.1 Å². The Morgan fingerprint density at radius 2 is 2.05 bits per heavy atom. The first-order valence-corrected chi connectivity index (χ1v) is 7.50. The normalized spacial score (nSPS) is 11.9. The van der Waals surface area contributed by atoms with Crippen LogP contribution in [0.15, 0.2) is 27.1 Å². The lowest BCUT2D eigenvalue weighted by Gasteiger charge is -2.16. The maximum absolute atomic E-state index is 12.1. The van der Waals surface area contributed by atoms with E-state index in [4.69, 9.17) is 5.11 Å². The summed E-state index contributed by atoms with van der Waals surface area (Å²) in [6.07, 6.45) is 1.40. The van der Waals surface area contributed by atoms with Crippen LogP contribution in [0.4, 0.5) is 0 Å². The molecule has 0 saturated carbocycles. The van der Waals surface area contributed by atoms with Crippen molar-refractivity contribution in [2.24, 2.45) is 0 Å². The summed E-state index contributed by atoms with van der Waals surface area (Å²) in [7, 11) is 0. The van der Waals surface area contributed by atoms with Crippen LogP contribution in [0.3, 0.4) is 0 Å². The third-order valence-electron chi connectivity index (χ3n) is 2.57. The highest BCUT2D eigenvalue weighted by Gasteiger charge is 2.17. The highest BCUT2D eigenvalue weighted by atomic mass is 79.9. The molecule has 1 rings (SSSR count). The standard InChI is InChI=1S/C13H15Br2NO3/c1-2-3-9(7-12(17)18)16-13(19)10-6-8(14)4-5-11(10)15/h4-6,9H,2-3,7H2,1H3,(H,16,19)(H,17,18). The van der Waals surface area contributed by atoms with Crippen molar-refractivity contribution in [2.45, 2.75) is 32.2 Å². The Hall–Kier alpha value is -0.880. The van der Waals surface area contributed by atoms with Crippen LogP contribution in [0.5, 0.6) is 0 Å². The van der Waals surface area contributed by atoms with Crippen molar-refractivity contribution >= 4 is 43.7 Å². The second-order valence-corrected chi connectivity index (χ2v) is 5.95. The summed E-state index contributed by atoms with van der Waals surface area (Å²) in [4.78, 5) is 22.9. The molecule has 4 nitrogen and oxygen atoms in total. The van der Waals surface area contributed by atoms with Crippen LogP contribution in [-0.2, 0) is 4.79 Å². The van der Waals surface area contributed by atoms with E-state index in [9.17, 15) is 9.59 Å². The molecule has 0 fully saturated rings. The Morgan fingerprint density at radius 1 is 1.37 bits per heavy atom. The van der Waals surface area contributed by atoms with Crippen LogP contribution in [0.25, 0.3) is 0 Å². The van der Waals surface area contributed by atoms with Crippen LogP contribution in [-0.4, -0.2) is 23.0 Å². The number of carbonyl (C=O) groups is 2.